The highest BCUT2D eigenvalue weighted by molar-refractivity contribution is 6.01. The van der Waals surface area contributed by atoms with Crippen LogP contribution in [0.4, 0.5) is 4.79 Å². The van der Waals surface area contributed by atoms with E-state index in [0.29, 0.717) is 6.54 Å². The maximum absolute atomic E-state index is 11.0. The van der Waals surface area contributed by atoms with Crippen LogP contribution in [0.15, 0.2) is 0 Å². The molecule has 10 heavy (non-hydrogen) atoms. The summed E-state index contributed by atoms with van der Waals surface area (Å²) < 4.78 is 0. The average molecular weight is 140 g/mol. The Hall–Kier alpha value is -1.06. The Balaban J connectivity index is 2.15. The zero-order valence-corrected chi connectivity index (χ0v) is 5.44. The van der Waals surface area contributed by atoms with E-state index >= 15 is 0 Å². The minimum Gasteiger partial charge on any atom is -0.337 e. The van der Waals surface area contributed by atoms with Crippen LogP contribution in [0.1, 0.15) is 12.8 Å². The molecule has 2 fully saturated rings. The van der Waals surface area contributed by atoms with Gasteiger partial charge in [0.1, 0.15) is 0 Å². The number of rotatable bonds is 0. The van der Waals surface area contributed by atoms with Gasteiger partial charge in [0.25, 0.3) is 0 Å². The van der Waals surface area contributed by atoms with Gasteiger partial charge in [-0.25, -0.2) is 4.79 Å². The van der Waals surface area contributed by atoms with Gasteiger partial charge in [0, 0.05) is 6.54 Å². The number of imide groups is 1. The van der Waals surface area contributed by atoms with Gasteiger partial charge in [-0.3, -0.25) is 10.1 Å². The molecule has 1 spiro atoms. The van der Waals surface area contributed by atoms with Crippen LogP contribution < -0.4 is 10.6 Å². The zero-order valence-electron chi connectivity index (χ0n) is 5.44. The molecule has 1 aliphatic heterocycles. The largest absolute Gasteiger partial charge is 0.337 e. The van der Waals surface area contributed by atoms with Crippen LogP contribution in [-0.2, 0) is 4.79 Å². The lowest BCUT2D eigenvalue weighted by atomic mass is 10.1. The lowest BCUT2D eigenvalue weighted by Crippen LogP contribution is -2.53. The van der Waals surface area contributed by atoms with Crippen molar-refractivity contribution in [1.82, 2.24) is 10.6 Å². The topological polar surface area (TPSA) is 58.2 Å². The van der Waals surface area contributed by atoms with Crippen molar-refractivity contribution >= 4 is 11.9 Å². The smallest absolute Gasteiger partial charge is 0.321 e. The molecule has 1 saturated heterocycles. The predicted molar refractivity (Wildman–Crippen MR) is 33.2 cm³/mol. The third kappa shape index (κ3) is 0.616. The predicted octanol–water partition coefficient (Wildman–Crippen LogP) is -0.394. The number of nitrogens with one attached hydrogen (secondary N) is 2. The molecule has 0 unspecified atom stereocenters. The Morgan fingerprint density at radius 3 is 2.50 bits per heavy atom. The molecule has 3 amide bonds. The summed E-state index contributed by atoms with van der Waals surface area (Å²) >= 11 is 0. The normalized spacial score (nSPS) is 27.6. The molecule has 1 saturated carbocycles. The van der Waals surface area contributed by atoms with Crippen LogP contribution in [0.2, 0.25) is 0 Å². The van der Waals surface area contributed by atoms with Crippen LogP contribution in [-0.4, -0.2) is 18.5 Å². The van der Waals surface area contributed by atoms with Gasteiger partial charge < -0.3 is 5.32 Å². The highest BCUT2D eigenvalue weighted by Crippen LogP contribution is 2.45. The molecule has 0 aromatic heterocycles. The summed E-state index contributed by atoms with van der Waals surface area (Å²) in [6.45, 7) is 0.525. The number of hydrogen-bond donors (Lipinski definition) is 2. The summed E-state index contributed by atoms with van der Waals surface area (Å²) in [4.78, 5) is 21.6. The summed E-state index contributed by atoms with van der Waals surface area (Å²) in [7, 11) is 0. The monoisotopic (exact) mass is 140 g/mol. The van der Waals surface area contributed by atoms with Crippen LogP contribution in [0.25, 0.3) is 0 Å². The number of carbonyl (C=O) groups is 2. The lowest BCUT2D eigenvalue weighted by molar-refractivity contribution is -0.125. The molecule has 1 aliphatic carbocycles. The van der Waals surface area contributed by atoms with E-state index in [1.807, 2.05) is 0 Å². The summed E-state index contributed by atoms with van der Waals surface area (Å²) in [6, 6.07) is -0.359. The molecule has 2 aliphatic rings. The van der Waals surface area contributed by atoms with Gasteiger partial charge in [-0.05, 0) is 12.8 Å². The number of carbonyl (C=O) groups excluding carboxylic acids is 2. The van der Waals surface area contributed by atoms with Crippen molar-refractivity contribution in [3.63, 3.8) is 0 Å². The van der Waals surface area contributed by atoms with Gasteiger partial charge in [-0.1, -0.05) is 0 Å². The second-order valence-electron chi connectivity index (χ2n) is 2.92. The second-order valence-corrected chi connectivity index (χ2v) is 2.92. The van der Waals surface area contributed by atoms with Gasteiger partial charge in [0.2, 0.25) is 5.91 Å². The van der Waals surface area contributed by atoms with Crippen LogP contribution in [0.5, 0.6) is 0 Å². The fraction of sp³-hybridized carbons (Fsp3) is 0.667. The Labute approximate surface area is 58.0 Å². The molecular formula is C6H8N2O2. The van der Waals surface area contributed by atoms with E-state index in [0.717, 1.165) is 12.8 Å². The fourth-order valence-corrected chi connectivity index (χ4v) is 1.16. The van der Waals surface area contributed by atoms with Crippen LogP contribution in [0.3, 0.4) is 0 Å². The second kappa shape index (κ2) is 1.51. The molecule has 2 N–H and O–H groups in total. The fourth-order valence-electron chi connectivity index (χ4n) is 1.16. The molecule has 1 heterocycles. The number of amides is 3. The molecule has 0 aromatic rings. The highest BCUT2D eigenvalue weighted by atomic mass is 16.2. The summed E-state index contributed by atoms with van der Waals surface area (Å²) in [6.07, 6.45) is 1.83. The SMILES string of the molecule is O=C1NCC2(CC2)C(=O)N1. The van der Waals surface area contributed by atoms with E-state index < -0.39 is 0 Å². The Kier molecular flexibility index (Phi) is 0.859. The van der Waals surface area contributed by atoms with E-state index in [-0.39, 0.29) is 17.4 Å². The molecule has 0 aromatic carbocycles. The lowest BCUT2D eigenvalue weighted by Gasteiger charge is -2.20. The van der Waals surface area contributed by atoms with Crippen molar-refractivity contribution < 1.29 is 9.59 Å². The van der Waals surface area contributed by atoms with Crippen LogP contribution in [0, 0.1) is 5.41 Å². The summed E-state index contributed by atoms with van der Waals surface area (Å²) in [5.74, 6) is -0.101. The van der Waals surface area contributed by atoms with Crippen molar-refractivity contribution in [1.29, 1.82) is 0 Å². The van der Waals surface area contributed by atoms with Crippen molar-refractivity contribution in [2.24, 2.45) is 5.41 Å². The molecule has 0 bridgehead atoms. The van der Waals surface area contributed by atoms with Crippen LogP contribution >= 0.6 is 0 Å². The minimum absolute atomic E-state index is 0.101. The molecule has 4 nitrogen and oxygen atoms in total. The van der Waals surface area contributed by atoms with Gasteiger partial charge in [-0.2, -0.15) is 0 Å². The first-order chi connectivity index (χ1) is 4.73. The molecule has 54 valence electrons. The Bertz CT molecular complexity index is 208. The molecule has 2 rings (SSSR count). The van der Waals surface area contributed by atoms with Gasteiger partial charge in [0.05, 0.1) is 5.41 Å². The third-order valence-corrected chi connectivity index (χ3v) is 2.15. The number of urea groups is 1. The first kappa shape index (κ1) is 5.70. The Morgan fingerprint density at radius 1 is 1.30 bits per heavy atom. The van der Waals surface area contributed by atoms with Crippen molar-refractivity contribution in [2.45, 2.75) is 12.8 Å². The van der Waals surface area contributed by atoms with Crippen molar-refractivity contribution in [3.8, 4) is 0 Å². The molecule has 0 atom stereocenters. The van der Waals surface area contributed by atoms with E-state index in [2.05, 4.69) is 10.6 Å². The van der Waals surface area contributed by atoms with Gasteiger partial charge in [0.15, 0.2) is 0 Å². The first-order valence-corrected chi connectivity index (χ1v) is 3.32. The van der Waals surface area contributed by atoms with E-state index in [1.165, 1.54) is 0 Å². The maximum atomic E-state index is 11.0. The average Bonchev–Trinajstić information content (AvgIpc) is 2.62. The zero-order chi connectivity index (χ0) is 7.19. The summed E-state index contributed by atoms with van der Waals surface area (Å²) in [5.41, 5.74) is -0.214. The first-order valence-electron chi connectivity index (χ1n) is 3.32. The van der Waals surface area contributed by atoms with E-state index in [1.54, 1.807) is 0 Å². The van der Waals surface area contributed by atoms with E-state index in [4.69, 9.17) is 0 Å². The molecule has 4 heteroatoms. The standard InChI is InChI=1S/C6H8N2O2/c9-4-6(1-2-6)3-7-5(10)8-4/h1-3H2,(H2,7,8,9,10). The van der Waals surface area contributed by atoms with Gasteiger partial charge in [-0.15, -0.1) is 0 Å². The van der Waals surface area contributed by atoms with Gasteiger partial charge >= 0.3 is 6.03 Å². The number of hydrogen-bond acceptors (Lipinski definition) is 2. The minimum atomic E-state index is -0.359. The van der Waals surface area contributed by atoms with Crippen molar-refractivity contribution in [3.05, 3.63) is 0 Å². The highest BCUT2D eigenvalue weighted by Gasteiger charge is 2.52. The quantitative estimate of drug-likeness (QED) is 0.481. The van der Waals surface area contributed by atoms with E-state index in [9.17, 15) is 9.59 Å². The summed E-state index contributed by atoms with van der Waals surface area (Å²) in [5, 5.41) is 4.84. The molecular weight excluding hydrogens is 132 g/mol. The Morgan fingerprint density at radius 2 is 2.00 bits per heavy atom. The molecule has 0 radical (unpaired) electrons. The maximum Gasteiger partial charge on any atom is 0.321 e. The van der Waals surface area contributed by atoms with Crippen molar-refractivity contribution in [2.75, 3.05) is 6.54 Å². The third-order valence-electron chi connectivity index (χ3n) is 2.15.